The van der Waals surface area contributed by atoms with Crippen LogP contribution in [-0.2, 0) is 4.74 Å². The molecule has 0 saturated carbocycles. The van der Waals surface area contributed by atoms with Crippen molar-refractivity contribution in [1.29, 1.82) is 0 Å². The van der Waals surface area contributed by atoms with E-state index in [2.05, 4.69) is 13.8 Å². The molecule has 2 N–H and O–H groups in total. The second kappa shape index (κ2) is 5.29. The van der Waals surface area contributed by atoms with Crippen molar-refractivity contribution in [3.05, 3.63) is 29.8 Å². The molecule has 0 amide bonds. The molecule has 0 bridgehead atoms. The second-order valence-corrected chi connectivity index (χ2v) is 5.71. The van der Waals surface area contributed by atoms with Gasteiger partial charge in [-0.2, -0.15) is 0 Å². The average Bonchev–Trinajstić information content (AvgIpc) is 2.67. The fraction of sp³-hybridized carbons (Fsp3) is 0.600. The van der Waals surface area contributed by atoms with E-state index in [1.807, 2.05) is 31.2 Å². The zero-order valence-corrected chi connectivity index (χ0v) is 11.5. The van der Waals surface area contributed by atoms with Crippen LogP contribution < -0.4 is 10.5 Å². The lowest BCUT2D eigenvalue weighted by molar-refractivity contribution is -0.0326. The maximum absolute atomic E-state index is 5.90. The monoisotopic (exact) mass is 249 g/mol. The van der Waals surface area contributed by atoms with E-state index in [9.17, 15) is 0 Å². The molecule has 18 heavy (non-hydrogen) atoms. The van der Waals surface area contributed by atoms with Crippen LogP contribution in [0.5, 0.6) is 5.75 Å². The van der Waals surface area contributed by atoms with Crippen LogP contribution in [0.3, 0.4) is 0 Å². The Morgan fingerprint density at radius 3 is 2.89 bits per heavy atom. The Balaban J connectivity index is 1.89. The van der Waals surface area contributed by atoms with Gasteiger partial charge in [0.25, 0.3) is 0 Å². The number of hydrogen-bond donors (Lipinski definition) is 1. The predicted molar refractivity (Wildman–Crippen MR) is 72.7 cm³/mol. The van der Waals surface area contributed by atoms with Gasteiger partial charge in [-0.05, 0) is 51.3 Å². The molecule has 3 nitrogen and oxygen atoms in total. The molecular weight excluding hydrogens is 226 g/mol. The highest BCUT2D eigenvalue weighted by Crippen LogP contribution is 2.29. The van der Waals surface area contributed by atoms with E-state index in [1.54, 1.807) is 0 Å². The summed E-state index contributed by atoms with van der Waals surface area (Å²) >= 11 is 0. The van der Waals surface area contributed by atoms with Gasteiger partial charge in [0.05, 0.1) is 11.7 Å². The van der Waals surface area contributed by atoms with Crippen molar-refractivity contribution in [3.8, 4) is 5.75 Å². The molecule has 0 aliphatic carbocycles. The van der Waals surface area contributed by atoms with E-state index < -0.39 is 0 Å². The molecule has 1 aromatic carbocycles. The lowest BCUT2D eigenvalue weighted by Gasteiger charge is -2.19. The molecule has 0 aromatic heterocycles. The third-order valence-corrected chi connectivity index (χ3v) is 3.37. The Hall–Kier alpha value is -1.06. The fourth-order valence-electron chi connectivity index (χ4n) is 2.27. The van der Waals surface area contributed by atoms with Crippen molar-refractivity contribution >= 4 is 0 Å². The van der Waals surface area contributed by atoms with Crippen molar-refractivity contribution < 1.29 is 9.47 Å². The molecule has 3 heteroatoms. The van der Waals surface area contributed by atoms with Gasteiger partial charge in [0.1, 0.15) is 12.4 Å². The minimum Gasteiger partial charge on any atom is -0.491 e. The van der Waals surface area contributed by atoms with Gasteiger partial charge < -0.3 is 15.2 Å². The Bertz CT molecular complexity index is 401. The highest BCUT2D eigenvalue weighted by molar-refractivity contribution is 5.30. The summed E-state index contributed by atoms with van der Waals surface area (Å²) in [6.07, 6.45) is 2.37. The first-order valence-electron chi connectivity index (χ1n) is 6.62. The van der Waals surface area contributed by atoms with Gasteiger partial charge in [-0.25, -0.2) is 0 Å². The molecule has 1 aliphatic heterocycles. The zero-order chi connectivity index (χ0) is 13.2. The molecule has 1 aliphatic rings. The van der Waals surface area contributed by atoms with Crippen LogP contribution in [0.15, 0.2) is 24.3 Å². The van der Waals surface area contributed by atoms with E-state index in [1.165, 1.54) is 0 Å². The molecule has 1 fully saturated rings. The number of hydrogen-bond acceptors (Lipinski definition) is 3. The maximum Gasteiger partial charge on any atom is 0.119 e. The number of benzene rings is 1. The van der Waals surface area contributed by atoms with Gasteiger partial charge >= 0.3 is 0 Å². The standard InChI is InChI=1S/C15H23NO2/c1-11(16)12-5-4-6-13(9-12)17-10-14-7-8-15(2,3)18-14/h4-6,9,11,14H,7-8,10,16H2,1-3H3/t11-,14?/m0/s1. The van der Waals surface area contributed by atoms with Gasteiger partial charge in [-0.15, -0.1) is 0 Å². The van der Waals surface area contributed by atoms with Crippen molar-refractivity contribution in [2.75, 3.05) is 6.61 Å². The van der Waals surface area contributed by atoms with E-state index in [0.29, 0.717) is 6.61 Å². The minimum absolute atomic E-state index is 0.00163. The number of rotatable bonds is 4. The summed E-state index contributed by atoms with van der Waals surface area (Å²) in [5, 5.41) is 0. The Kier molecular flexibility index (Phi) is 3.93. The van der Waals surface area contributed by atoms with E-state index >= 15 is 0 Å². The Morgan fingerprint density at radius 2 is 2.28 bits per heavy atom. The number of nitrogens with two attached hydrogens (primary N) is 1. The van der Waals surface area contributed by atoms with E-state index in [-0.39, 0.29) is 17.7 Å². The Morgan fingerprint density at radius 1 is 1.50 bits per heavy atom. The third-order valence-electron chi connectivity index (χ3n) is 3.37. The summed E-state index contributed by atoms with van der Waals surface area (Å²) < 4.78 is 11.7. The van der Waals surface area contributed by atoms with Crippen LogP contribution in [0, 0.1) is 0 Å². The van der Waals surface area contributed by atoms with Crippen molar-refractivity contribution in [2.45, 2.75) is 51.4 Å². The van der Waals surface area contributed by atoms with Crippen LogP contribution in [0.4, 0.5) is 0 Å². The maximum atomic E-state index is 5.90. The Labute approximate surface area is 109 Å². The average molecular weight is 249 g/mol. The first kappa shape index (κ1) is 13.4. The first-order valence-corrected chi connectivity index (χ1v) is 6.62. The summed E-state index contributed by atoms with van der Waals surface area (Å²) in [7, 11) is 0. The zero-order valence-electron chi connectivity index (χ0n) is 11.5. The molecule has 1 heterocycles. The second-order valence-electron chi connectivity index (χ2n) is 5.71. The van der Waals surface area contributed by atoms with Crippen LogP contribution in [-0.4, -0.2) is 18.3 Å². The lowest BCUT2D eigenvalue weighted by atomic mass is 10.1. The summed E-state index contributed by atoms with van der Waals surface area (Å²) in [4.78, 5) is 0. The molecule has 2 atom stereocenters. The first-order chi connectivity index (χ1) is 8.46. The largest absolute Gasteiger partial charge is 0.491 e. The van der Waals surface area contributed by atoms with Crippen LogP contribution in [0.2, 0.25) is 0 Å². The lowest BCUT2D eigenvalue weighted by Crippen LogP contribution is -2.23. The molecule has 2 rings (SSSR count). The highest BCUT2D eigenvalue weighted by Gasteiger charge is 2.31. The van der Waals surface area contributed by atoms with Crippen molar-refractivity contribution in [1.82, 2.24) is 0 Å². The predicted octanol–water partition coefficient (Wildman–Crippen LogP) is 3.04. The van der Waals surface area contributed by atoms with E-state index in [4.69, 9.17) is 15.2 Å². The van der Waals surface area contributed by atoms with Crippen molar-refractivity contribution in [3.63, 3.8) is 0 Å². The summed E-state index contributed by atoms with van der Waals surface area (Å²) in [6, 6.07) is 8.01. The topological polar surface area (TPSA) is 44.5 Å². The normalized spacial score (nSPS) is 23.9. The minimum atomic E-state index is 0.00163. The highest BCUT2D eigenvalue weighted by atomic mass is 16.6. The molecule has 0 spiro atoms. The molecule has 1 saturated heterocycles. The molecule has 100 valence electrons. The van der Waals surface area contributed by atoms with Gasteiger partial charge in [0.15, 0.2) is 0 Å². The van der Waals surface area contributed by atoms with Gasteiger partial charge in [-0.1, -0.05) is 12.1 Å². The quantitative estimate of drug-likeness (QED) is 0.892. The molecule has 1 aromatic rings. The van der Waals surface area contributed by atoms with Gasteiger partial charge in [0, 0.05) is 6.04 Å². The summed E-state index contributed by atoms with van der Waals surface area (Å²) in [5.41, 5.74) is 6.96. The van der Waals surface area contributed by atoms with E-state index in [0.717, 1.165) is 24.2 Å². The van der Waals surface area contributed by atoms with Crippen molar-refractivity contribution in [2.24, 2.45) is 5.73 Å². The van der Waals surface area contributed by atoms with Crippen LogP contribution >= 0.6 is 0 Å². The smallest absolute Gasteiger partial charge is 0.119 e. The van der Waals surface area contributed by atoms with Gasteiger partial charge in [-0.3, -0.25) is 0 Å². The third kappa shape index (κ3) is 3.47. The van der Waals surface area contributed by atoms with Gasteiger partial charge in [0.2, 0.25) is 0 Å². The molecule has 1 unspecified atom stereocenters. The summed E-state index contributed by atoms with van der Waals surface area (Å²) in [6.45, 7) is 6.85. The SMILES string of the molecule is C[C@H](N)c1cccc(OCC2CCC(C)(C)O2)c1. The number of ether oxygens (including phenoxy) is 2. The fourth-order valence-corrected chi connectivity index (χ4v) is 2.27. The molecular formula is C15H23NO2. The van der Waals surface area contributed by atoms with Crippen LogP contribution in [0.25, 0.3) is 0 Å². The summed E-state index contributed by atoms with van der Waals surface area (Å²) in [5.74, 6) is 0.873. The molecule has 0 radical (unpaired) electrons. The van der Waals surface area contributed by atoms with Crippen LogP contribution in [0.1, 0.15) is 45.2 Å².